The fourth-order valence-corrected chi connectivity index (χ4v) is 2.63. The fraction of sp³-hybridized carbons (Fsp3) is 0.500. The quantitative estimate of drug-likeness (QED) is 0.372. The molecule has 0 radical (unpaired) electrons. The zero-order valence-corrected chi connectivity index (χ0v) is 15.6. The van der Waals surface area contributed by atoms with Crippen LogP contribution in [-0.2, 0) is 13.6 Å². The van der Waals surface area contributed by atoms with Gasteiger partial charge in [-0.25, -0.2) is 9.13 Å². The second kappa shape index (κ2) is 9.90. The van der Waals surface area contributed by atoms with Crippen molar-refractivity contribution in [2.45, 2.75) is 25.8 Å². The van der Waals surface area contributed by atoms with Crippen molar-refractivity contribution in [3.05, 3.63) is 36.7 Å². The number of hydrogen-bond acceptors (Lipinski definition) is 3. The molecule has 0 aliphatic carbocycles. The van der Waals surface area contributed by atoms with Crippen LogP contribution in [0.25, 0.3) is 0 Å². The Labute approximate surface area is 150 Å². The van der Waals surface area contributed by atoms with Crippen LogP contribution in [-0.4, -0.2) is 31.2 Å². The maximum atomic E-state index is 4.45. The topological polar surface area (TPSA) is 92.0 Å². The molecule has 1 aromatic carbocycles. The molecule has 0 bridgehead atoms. The van der Waals surface area contributed by atoms with E-state index in [1.807, 2.05) is 29.9 Å². The first-order chi connectivity index (χ1) is 12.2. The first kappa shape index (κ1) is 19.1. The predicted molar refractivity (Wildman–Crippen MR) is 98.9 cm³/mol. The van der Waals surface area contributed by atoms with E-state index in [0.717, 1.165) is 57.1 Å². The van der Waals surface area contributed by atoms with E-state index in [1.165, 1.54) is 5.69 Å². The summed E-state index contributed by atoms with van der Waals surface area (Å²) in [7, 11) is 4.10. The molecule has 0 aliphatic rings. The molecule has 6 N–H and O–H groups in total. The second-order valence-corrected chi connectivity index (χ2v) is 6.31. The van der Waals surface area contributed by atoms with Gasteiger partial charge in [-0.1, -0.05) is 5.11 Å². The molecule has 2 aromatic rings. The molecule has 1 heterocycles. The molecule has 1 aromatic heterocycles. The molecule has 0 atom stereocenters. The second-order valence-electron chi connectivity index (χ2n) is 6.31. The Morgan fingerprint density at radius 2 is 1.76 bits per heavy atom. The Morgan fingerprint density at radius 3 is 2.44 bits per heavy atom. The van der Waals surface area contributed by atoms with Crippen LogP contribution in [0.5, 0.6) is 0 Å². The van der Waals surface area contributed by atoms with Crippen LogP contribution >= 0.6 is 0 Å². The number of aromatic nitrogens is 2. The van der Waals surface area contributed by atoms with Gasteiger partial charge in [-0.15, -0.1) is 0 Å². The van der Waals surface area contributed by atoms with Gasteiger partial charge >= 0.3 is 5.95 Å². The van der Waals surface area contributed by atoms with Gasteiger partial charge in [-0.05, 0) is 37.1 Å². The molecule has 25 heavy (non-hydrogen) atoms. The third-order valence-corrected chi connectivity index (χ3v) is 4.23. The minimum absolute atomic E-state index is 0.861. The van der Waals surface area contributed by atoms with Crippen LogP contribution in [0.15, 0.2) is 46.9 Å². The van der Waals surface area contributed by atoms with Crippen molar-refractivity contribution >= 4 is 17.3 Å². The third-order valence-electron chi connectivity index (χ3n) is 4.23. The van der Waals surface area contributed by atoms with Gasteiger partial charge in [0, 0.05) is 30.8 Å². The van der Waals surface area contributed by atoms with Gasteiger partial charge in [-0.2, -0.15) is 0 Å². The van der Waals surface area contributed by atoms with Gasteiger partial charge in [0.25, 0.3) is 0 Å². The van der Waals surface area contributed by atoms with Crippen LogP contribution in [0, 0.1) is 0 Å². The van der Waals surface area contributed by atoms with Crippen molar-refractivity contribution in [1.29, 1.82) is 0 Å². The lowest BCUT2D eigenvalue weighted by atomic mass is 10.2. The summed E-state index contributed by atoms with van der Waals surface area (Å²) in [4.78, 5) is 2.24. The van der Waals surface area contributed by atoms with Crippen LogP contribution in [0.4, 0.5) is 17.3 Å². The molecule has 7 nitrogen and oxygen atoms in total. The van der Waals surface area contributed by atoms with E-state index in [1.54, 1.807) is 0 Å². The summed E-state index contributed by atoms with van der Waals surface area (Å²) >= 11 is 0. The number of imidazole rings is 1. The number of anilines is 1. The van der Waals surface area contributed by atoms with E-state index in [4.69, 9.17) is 0 Å². The largest absolute Gasteiger partial charge is 0.421 e. The van der Waals surface area contributed by atoms with Crippen LogP contribution in [0.3, 0.4) is 0 Å². The minimum atomic E-state index is 0.861. The normalized spacial score (nSPS) is 11.4. The highest BCUT2D eigenvalue weighted by molar-refractivity contribution is 5.52. The van der Waals surface area contributed by atoms with Crippen LogP contribution in [0.2, 0.25) is 0 Å². The van der Waals surface area contributed by atoms with Crippen molar-refractivity contribution < 1.29 is 16.0 Å². The van der Waals surface area contributed by atoms with E-state index in [9.17, 15) is 0 Å². The van der Waals surface area contributed by atoms with Crippen LogP contribution < -0.4 is 20.9 Å². The monoisotopic (exact) mass is 346 g/mol. The molecule has 0 fully saturated rings. The number of hydrogen-bond donors (Lipinski definition) is 2. The molecule has 7 heteroatoms. The Bertz CT molecular complexity index is 661. The minimum Gasteiger partial charge on any atom is -0.374 e. The van der Waals surface area contributed by atoms with Gasteiger partial charge in [0.05, 0.1) is 39.1 Å². The predicted octanol–water partition coefficient (Wildman–Crippen LogP) is 0.818. The maximum absolute atomic E-state index is 4.45. The molecule has 0 aliphatic heterocycles. The number of benzene rings is 1. The van der Waals surface area contributed by atoms with E-state index in [0.29, 0.717) is 0 Å². The average molecular weight is 347 g/mol. The Kier molecular flexibility index (Phi) is 7.56. The summed E-state index contributed by atoms with van der Waals surface area (Å²) in [6.07, 6.45) is 7.40. The van der Waals surface area contributed by atoms with Crippen molar-refractivity contribution in [3.63, 3.8) is 0 Å². The highest BCUT2D eigenvalue weighted by atomic mass is 15.3. The zero-order chi connectivity index (χ0) is 18.1. The lowest BCUT2D eigenvalue weighted by Crippen LogP contribution is -2.51. The number of azo groups is 1. The highest BCUT2D eigenvalue weighted by Gasteiger charge is 2.14. The van der Waals surface area contributed by atoms with Crippen molar-refractivity contribution in [2.75, 3.05) is 31.6 Å². The molecule has 0 amide bonds. The summed E-state index contributed by atoms with van der Waals surface area (Å²) in [5.41, 5.74) is 9.83. The first-order valence-corrected chi connectivity index (χ1v) is 9.02. The number of nitrogens with zero attached hydrogens (tertiary/aromatic N) is 5. The average Bonchev–Trinajstić information content (AvgIpc) is 2.98. The lowest BCUT2D eigenvalue weighted by Gasteiger charge is -2.18. The third kappa shape index (κ3) is 5.65. The van der Waals surface area contributed by atoms with Gasteiger partial charge in [-0.3, -0.25) is 0 Å². The SMILES string of the molecule is CN(CCC[NH3+])c1ccc(N=Nc2n(CCCC[NH3+])cc[n+]2C)cc1. The first-order valence-electron chi connectivity index (χ1n) is 9.02. The van der Waals surface area contributed by atoms with Gasteiger partial charge in [0.2, 0.25) is 0 Å². The van der Waals surface area contributed by atoms with Crippen molar-refractivity contribution in [1.82, 2.24) is 4.57 Å². The van der Waals surface area contributed by atoms with E-state index in [-0.39, 0.29) is 0 Å². The van der Waals surface area contributed by atoms with E-state index < -0.39 is 0 Å². The van der Waals surface area contributed by atoms with Crippen molar-refractivity contribution in [2.24, 2.45) is 17.3 Å². The molecule has 0 unspecified atom stereocenters. The Balaban J connectivity index is 2.03. The summed E-state index contributed by atoms with van der Waals surface area (Å²) in [6, 6.07) is 8.20. The summed E-state index contributed by atoms with van der Waals surface area (Å²) < 4.78 is 4.13. The number of unbranched alkanes of at least 4 members (excludes halogenated alkanes) is 1. The lowest BCUT2D eigenvalue weighted by molar-refractivity contribution is -0.657. The molecule has 0 saturated carbocycles. The van der Waals surface area contributed by atoms with Gasteiger partial charge in [0.1, 0.15) is 5.69 Å². The summed E-state index contributed by atoms with van der Waals surface area (Å²) in [6.45, 7) is 3.89. The molecular weight excluding hydrogens is 314 g/mol. The number of quaternary nitrogens is 2. The standard InChI is InChI=1S/C18H30N7/c1-23(12-5-11-20)17-8-6-16(7-9-17)21-22-18-24(2)14-15-25(18)13-4-3-10-19/h6-9,14-15H,3-5,10-13,19-20H2,1-2H3/q+1/p+2. The van der Waals surface area contributed by atoms with Crippen molar-refractivity contribution in [3.8, 4) is 0 Å². The highest BCUT2D eigenvalue weighted by Crippen LogP contribution is 2.21. The van der Waals surface area contributed by atoms with E-state index >= 15 is 0 Å². The molecule has 136 valence electrons. The molecule has 0 saturated heterocycles. The fourth-order valence-electron chi connectivity index (χ4n) is 2.63. The summed E-state index contributed by atoms with van der Waals surface area (Å²) in [5.74, 6) is 0.862. The molecule has 0 spiro atoms. The Morgan fingerprint density at radius 1 is 1.04 bits per heavy atom. The van der Waals surface area contributed by atoms with Gasteiger partial charge in [0.15, 0.2) is 0 Å². The smallest absolute Gasteiger partial charge is 0.374 e. The molecule has 2 rings (SSSR count). The maximum Gasteiger partial charge on any atom is 0.421 e. The Hall–Kier alpha value is -2.25. The molecular formula is C18H32N7+3. The summed E-state index contributed by atoms with van der Waals surface area (Å²) in [5, 5.41) is 8.86. The van der Waals surface area contributed by atoms with E-state index in [2.05, 4.69) is 56.5 Å². The number of rotatable bonds is 10. The zero-order valence-electron chi connectivity index (χ0n) is 15.6. The van der Waals surface area contributed by atoms with Gasteiger partial charge < -0.3 is 16.4 Å². The van der Waals surface area contributed by atoms with Crippen LogP contribution in [0.1, 0.15) is 19.3 Å². The number of aryl methyl sites for hydroxylation is 2.